The lowest BCUT2D eigenvalue weighted by atomic mass is 10.1. The van der Waals surface area contributed by atoms with Crippen LogP contribution in [0.25, 0.3) is 0 Å². The maximum absolute atomic E-state index is 4.25. The summed E-state index contributed by atoms with van der Waals surface area (Å²) < 4.78 is 0. The molecular formula is C10H19N3. The van der Waals surface area contributed by atoms with Crippen LogP contribution in [-0.2, 0) is 12.8 Å². The lowest BCUT2D eigenvalue weighted by Gasteiger charge is -1.95. The minimum Gasteiger partial charge on any atom is -0.316 e. The Morgan fingerprint density at radius 2 is 1.85 bits per heavy atom. The predicted octanol–water partition coefficient (Wildman–Crippen LogP) is 1.43. The van der Waals surface area contributed by atoms with E-state index in [1.807, 2.05) is 13.8 Å². The molecule has 1 aromatic heterocycles. The van der Waals surface area contributed by atoms with Crippen molar-refractivity contribution in [1.29, 1.82) is 0 Å². The first-order valence-corrected chi connectivity index (χ1v) is 5.11. The van der Waals surface area contributed by atoms with Crippen molar-refractivity contribution >= 4 is 0 Å². The van der Waals surface area contributed by atoms with E-state index < -0.39 is 0 Å². The second-order valence-electron chi connectivity index (χ2n) is 3.02. The first-order valence-electron chi connectivity index (χ1n) is 5.11. The van der Waals surface area contributed by atoms with Crippen molar-refractivity contribution in [3.63, 3.8) is 0 Å². The normalized spacial score (nSPS) is 15.3. The molecule has 2 rings (SSSR count). The van der Waals surface area contributed by atoms with Crippen molar-refractivity contribution in [3.05, 3.63) is 17.0 Å². The summed E-state index contributed by atoms with van der Waals surface area (Å²) in [5.41, 5.74) is 3.92. The zero-order chi connectivity index (χ0) is 9.68. The lowest BCUT2D eigenvalue weighted by Crippen LogP contribution is -2.16. The zero-order valence-electron chi connectivity index (χ0n) is 8.78. The number of aryl methyl sites for hydroxylation is 1. The van der Waals surface area contributed by atoms with Gasteiger partial charge in [-0.25, -0.2) is 0 Å². The Morgan fingerprint density at radius 3 is 2.62 bits per heavy atom. The number of hydrogen-bond donors (Lipinski definition) is 2. The Kier molecular flexibility index (Phi) is 3.96. The first kappa shape index (κ1) is 10.3. The fourth-order valence-corrected chi connectivity index (χ4v) is 1.59. The summed E-state index contributed by atoms with van der Waals surface area (Å²) in [6, 6.07) is 0. The molecule has 0 fully saturated rings. The highest BCUT2D eigenvalue weighted by atomic mass is 15.1. The van der Waals surface area contributed by atoms with Gasteiger partial charge in [-0.3, -0.25) is 5.10 Å². The van der Waals surface area contributed by atoms with E-state index in [9.17, 15) is 0 Å². The molecule has 3 heteroatoms. The van der Waals surface area contributed by atoms with E-state index in [-0.39, 0.29) is 0 Å². The fourth-order valence-electron chi connectivity index (χ4n) is 1.59. The molecule has 1 aliphatic rings. The summed E-state index contributed by atoms with van der Waals surface area (Å²) in [6.07, 6.45) is 2.19. The summed E-state index contributed by atoms with van der Waals surface area (Å²) in [7, 11) is 0. The quantitative estimate of drug-likeness (QED) is 0.635. The van der Waals surface area contributed by atoms with Crippen molar-refractivity contribution in [2.75, 3.05) is 13.1 Å². The number of H-pyrrole nitrogens is 1. The smallest absolute Gasteiger partial charge is 0.0669 e. The third-order valence-corrected chi connectivity index (χ3v) is 2.25. The van der Waals surface area contributed by atoms with Gasteiger partial charge in [-0.15, -0.1) is 0 Å². The third-order valence-electron chi connectivity index (χ3n) is 2.25. The Balaban J connectivity index is 0.000000396. The van der Waals surface area contributed by atoms with Gasteiger partial charge in [0.1, 0.15) is 0 Å². The van der Waals surface area contributed by atoms with Gasteiger partial charge in [0.25, 0.3) is 0 Å². The number of rotatable bonds is 0. The Labute approximate surface area is 79.9 Å². The molecule has 2 heterocycles. The van der Waals surface area contributed by atoms with Crippen LogP contribution in [0.1, 0.15) is 30.8 Å². The van der Waals surface area contributed by atoms with Crippen LogP contribution in [0.4, 0.5) is 0 Å². The highest BCUT2D eigenvalue weighted by Gasteiger charge is 2.11. The summed E-state index contributed by atoms with van der Waals surface area (Å²) in [6.45, 7) is 8.25. The molecule has 1 aliphatic heterocycles. The van der Waals surface area contributed by atoms with Crippen LogP contribution in [0.5, 0.6) is 0 Å². The molecule has 2 N–H and O–H groups in total. The van der Waals surface area contributed by atoms with E-state index in [1.54, 1.807) is 0 Å². The van der Waals surface area contributed by atoms with E-state index in [2.05, 4.69) is 22.4 Å². The standard InChI is InChI=1S/C8H13N3.C2H6/c1-6-7-2-4-9-5-3-8(7)11-10-6;1-2/h9H,2-5H2,1H3,(H,10,11);1-2H3. The minimum atomic E-state index is 1.07. The molecule has 0 radical (unpaired) electrons. The number of aromatic nitrogens is 2. The van der Waals surface area contributed by atoms with Gasteiger partial charge < -0.3 is 5.32 Å². The summed E-state index contributed by atoms with van der Waals surface area (Å²) in [5, 5.41) is 10.6. The van der Waals surface area contributed by atoms with Crippen LogP contribution in [0.3, 0.4) is 0 Å². The highest BCUT2D eigenvalue weighted by molar-refractivity contribution is 5.25. The van der Waals surface area contributed by atoms with Gasteiger partial charge >= 0.3 is 0 Å². The SMILES string of the molecule is CC.Cc1[nH]nc2c1CCNCC2. The molecule has 0 amide bonds. The second-order valence-corrected chi connectivity index (χ2v) is 3.02. The molecule has 0 aromatic carbocycles. The average molecular weight is 181 g/mol. The van der Waals surface area contributed by atoms with Crippen molar-refractivity contribution in [2.24, 2.45) is 0 Å². The third kappa shape index (κ3) is 2.31. The molecule has 0 aliphatic carbocycles. The van der Waals surface area contributed by atoms with Gasteiger partial charge in [-0.1, -0.05) is 13.8 Å². The lowest BCUT2D eigenvalue weighted by molar-refractivity contribution is 0.701. The average Bonchev–Trinajstić information content (AvgIpc) is 2.44. The van der Waals surface area contributed by atoms with Gasteiger partial charge in [0.2, 0.25) is 0 Å². The van der Waals surface area contributed by atoms with Crippen LogP contribution >= 0.6 is 0 Å². The van der Waals surface area contributed by atoms with Crippen LogP contribution in [0.15, 0.2) is 0 Å². The molecule has 0 saturated carbocycles. The zero-order valence-corrected chi connectivity index (χ0v) is 8.78. The summed E-state index contributed by atoms with van der Waals surface area (Å²) in [5.74, 6) is 0. The van der Waals surface area contributed by atoms with E-state index in [1.165, 1.54) is 17.0 Å². The van der Waals surface area contributed by atoms with Crippen LogP contribution < -0.4 is 5.32 Å². The fraction of sp³-hybridized carbons (Fsp3) is 0.700. The highest BCUT2D eigenvalue weighted by Crippen LogP contribution is 2.12. The van der Waals surface area contributed by atoms with Crippen molar-refractivity contribution < 1.29 is 0 Å². The van der Waals surface area contributed by atoms with Crippen molar-refractivity contribution in [2.45, 2.75) is 33.6 Å². The molecule has 13 heavy (non-hydrogen) atoms. The molecule has 3 nitrogen and oxygen atoms in total. The van der Waals surface area contributed by atoms with Crippen molar-refractivity contribution in [1.82, 2.24) is 15.5 Å². The van der Waals surface area contributed by atoms with E-state index in [0.717, 1.165) is 25.9 Å². The maximum atomic E-state index is 4.25. The number of nitrogens with one attached hydrogen (secondary N) is 2. The topological polar surface area (TPSA) is 40.7 Å². The van der Waals surface area contributed by atoms with Gasteiger partial charge in [-0.05, 0) is 25.5 Å². The number of nitrogens with zero attached hydrogens (tertiary/aromatic N) is 1. The molecule has 0 unspecified atom stereocenters. The predicted molar refractivity (Wildman–Crippen MR) is 55.0 cm³/mol. The number of fused-ring (bicyclic) bond motifs is 1. The van der Waals surface area contributed by atoms with Gasteiger partial charge in [-0.2, -0.15) is 5.10 Å². The molecule has 0 spiro atoms. The largest absolute Gasteiger partial charge is 0.316 e. The molecule has 74 valence electrons. The van der Waals surface area contributed by atoms with E-state index >= 15 is 0 Å². The molecule has 1 aromatic rings. The van der Waals surface area contributed by atoms with E-state index in [4.69, 9.17) is 0 Å². The summed E-state index contributed by atoms with van der Waals surface area (Å²) >= 11 is 0. The van der Waals surface area contributed by atoms with Crippen LogP contribution in [0.2, 0.25) is 0 Å². The van der Waals surface area contributed by atoms with Gasteiger partial charge in [0.15, 0.2) is 0 Å². The van der Waals surface area contributed by atoms with Crippen LogP contribution in [0, 0.1) is 6.92 Å². The molecule has 0 saturated heterocycles. The summed E-state index contributed by atoms with van der Waals surface area (Å²) in [4.78, 5) is 0. The second kappa shape index (κ2) is 5.02. The van der Waals surface area contributed by atoms with Gasteiger partial charge in [0.05, 0.1) is 5.69 Å². The number of aromatic amines is 1. The van der Waals surface area contributed by atoms with E-state index in [0.29, 0.717) is 0 Å². The maximum Gasteiger partial charge on any atom is 0.0669 e. The Bertz CT molecular complexity index is 253. The van der Waals surface area contributed by atoms with Crippen molar-refractivity contribution in [3.8, 4) is 0 Å². The minimum absolute atomic E-state index is 1.07. The number of hydrogen-bond acceptors (Lipinski definition) is 2. The Morgan fingerprint density at radius 1 is 1.15 bits per heavy atom. The molecular weight excluding hydrogens is 162 g/mol. The first-order chi connectivity index (χ1) is 6.38. The van der Waals surface area contributed by atoms with Gasteiger partial charge in [0, 0.05) is 18.7 Å². The van der Waals surface area contributed by atoms with Crippen LogP contribution in [-0.4, -0.2) is 23.3 Å². The monoisotopic (exact) mass is 181 g/mol. The molecule has 0 bridgehead atoms. The Hall–Kier alpha value is -0.830. The molecule has 0 atom stereocenters.